The Morgan fingerprint density at radius 2 is 1.94 bits per heavy atom. The molecule has 1 saturated heterocycles. The first-order valence-corrected chi connectivity index (χ1v) is 12.7. The summed E-state index contributed by atoms with van der Waals surface area (Å²) in [5.41, 5.74) is 7.24. The van der Waals surface area contributed by atoms with E-state index in [4.69, 9.17) is 40.3 Å². The lowest BCUT2D eigenvalue weighted by atomic mass is 9.92. The minimum absolute atomic E-state index is 0.303. The number of aliphatic hydroxyl groups is 1. The molecule has 1 aromatic heterocycles. The third-order valence-corrected chi connectivity index (χ3v) is 7.37. The average molecular weight is 561 g/mol. The lowest BCUT2D eigenvalue weighted by molar-refractivity contribution is -0.0470. The van der Waals surface area contributed by atoms with Gasteiger partial charge in [-0.2, -0.15) is 13.6 Å². The third kappa shape index (κ3) is 6.89. The Balaban J connectivity index is 2.44. The van der Waals surface area contributed by atoms with E-state index in [1.54, 1.807) is 5.38 Å². The summed E-state index contributed by atoms with van der Waals surface area (Å²) >= 11 is 5.31. The van der Waals surface area contributed by atoms with Crippen LogP contribution in [0, 0.1) is 17.1 Å². The second kappa shape index (κ2) is 9.78. The van der Waals surface area contributed by atoms with Gasteiger partial charge in [-0.05, 0) is 11.6 Å². The van der Waals surface area contributed by atoms with Gasteiger partial charge in [-0.25, -0.2) is 22.9 Å². The van der Waals surface area contributed by atoms with E-state index >= 15 is 0 Å². The van der Waals surface area contributed by atoms with Gasteiger partial charge in [-0.15, -0.1) is 0 Å². The molecule has 2 rings (SSSR count). The molecule has 17 nitrogen and oxygen atoms in total. The standard InChI is InChI=1S/C11H15ClFN4O13P3/c12-2-1-11(15)7(18)6(28-9(11)17-3-5(13)8(14)16-10(17)19)4-27-32(23,24)30-33(25,26)29-31(20,21)22/h3,6-7,9,18H,4,15H2,(H,23,24)(H,25,26)(H2,14,16,19)(H2,20,21,22)/t6-,7+,9-,11?/m1/s1/i4D2. The topological polar surface area (TPSA) is 276 Å². The second-order valence-corrected chi connectivity index (χ2v) is 10.5. The van der Waals surface area contributed by atoms with Crippen LogP contribution in [0.3, 0.4) is 0 Å². The third-order valence-electron chi connectivity index (χ3n) is 3.61. The van der Waals surface area contributed by atoms with E-state index in [9.17, 15) is 37.8 Å². The molecule has 186 valence electrons. The van der Waals surface area contributed by atoms with Crippen molar-refractivity contribution < 1.29 is 63.4 Å². The molecule has 22 heteroatoms. The van der Waals surface area contributed by atoms with Crippen molar-refractivity contribution in [2.45, 2.75) is 24.0 Å². The van der Waals surface area contributed by atoms with Crippen molar-refractivity contribution in [3.63, 3.8) is 0 Å². The van der Waals surface area contributed by atoms with Gasteiger partial charge in [0.15, 0.2) is 23.4 Å². The van der Waals surface area contributed by atoms with Gasteiger partial charge >= 0.3 is 29.2 Å². The Bertz CT molecular complexity index is 1270. The van der Waals surface area contributed by atoms with Gasteiger partial charge in [0.05, 0.1) is 15.5 Å². The zero-order valence-electron chi connectivity index (χ0n) is 17.5. The Morgan fingerprint density at radius 3 is 2.48 bits per heavy atom. The fourth-order valence-corrected chi connectivity index (χ4v) is 5.41. The number of anilines is 1. The van der Waals surface area contributed by atoms with E-state index in [0.29, 0.717) is 10.8 Å². The van der Waals surface area contributed by atoms with E-state index in [-0.39, 0.29) is 0 Å². The molecule has 1 aliphatic heterocycles. The summed E-state index contributed by atoms with van der Waals surface area (Å²) in [6, 6.07) is 0. The fourth-order valence-electron chi connectivity index (χ4n) is 2.37. The lowest BCUT2D eigenvalue weighted by Gasteiger charge is -2.27. The number of hydrogen-bond donors (Lipinski definition) is 7. The number of rotatable bonds is 8. The molecule has 0 amide bonds. The summed E-state index contributed by atoms with van der Waals surface area (Å²) in [6.45, 7) is -3.71. The predicted molar refractivity (Wildman–Crippen MR) is 103 cm³/mol. The van der Waals surface area contributed by atoms with Crippen molar-refractivity contribution in [2.75, 3.05) is 12.3 Å². The summed E-state index contributed by atoms with van der Waals surface area (Å²) < 4.78 is 80.2. The lowest BCUT2D eigenvalue weighted by Crippen LogP contribution is -2.55. The molecular formula is C11H15ClFN4O13P3. The molecule has 0 radical (unpaired) electrons. The summed E-state index contributed by atoms with van der Waals surface area (Å²) in [5, 5.41) is 12.3. The molecule has 0 bridgehead atoms. The largest absolute Gasteiger partial charge is 0.490 e. The SMILES string of the molecule is [2H]C([2H])(OP(=O)(O)OP(=O)(O)OP(=O)(O)O)[C@H]1O[C@@H](n2cc(F)c(N)nc2=O)C(N)(C#CCl)[C@H]1O. The van der Waals surface area contributed by atoms with Crippen molar-refractivity contribution in [3.8, 4) is 11.3 Å². The molecule has 33 heavy (non-hydrogen) atoms. The highest BCUT2D eigenvalue weighted by atomic mass is 35.5. The maximum absolute atomic E-state index is 13.9. The highest BCUT2D eigenvalue weighted by Crippen LogP contribution is 2.66. The maximum atomic E-state index is 13.9. The Morgan fingerprint density at radius 1 is 1.33 bits per heavy atom. The molecule has 2 heterocycles. The molecule has 1 fully saturated rings. The summed E-state index contributed by atoms with van der Waals surface area (Å²) in [4.78, 5) is 51.2. The number of phosphoric ester groups is 1. The van der Waals surface area contributed by atoms with Crippen molar-refractivity contribution in [1.82, 2.24) is 9.55 Å². The van der Waals surface area contributed by atoms with Crippen LogP contribution in [-0.4, -0.2) is 58.5 Å². The van der Waals surface area contributed by atoms with Gasteiger partial charge in [0, 0.05) is 5.38 Å². The molecule has 1 aliphatic rings. The number of nitrogens with zero attached hydrogens (tertiary/aromatic N) is 2. The van der Waals surface area contributed by atoms with Gasteiger partial charge in [0.1, 0.15) is 12.2 Å². The normalized spacial score (nSPS) is 30.4. The fraction of sp³-hybridized carbons (Fsp3) is 0.455. The minimum Gasteiger partial charge on any atom is -0.387 e. The molecule has 0 aliphatic carbocycles. The van der Waals surface area contributed by atoms with Crippen molar-refractivity contribution in [3.05, 3.63) is 22.5 Å². The highest BCUT2D eigenvalue weighted by Gasteiger charge is 2.55. The van der Waals surface area contributed by atoms with E-state index in [2.05, 4.69) is 18.1 Å². The molecule has 3 unspecified atom stereocenters. The second-order valence-electron chi connectivity index (χ2n) is 5.97. The summed E-state index contributed by atoms with van der Waals surface area (Å²) in [7, 11) is -17.8. The van der Waals surface area contributed by atoms with Gasteiger partial charge in [-0.3, -0.25) is 9.09 Å². The number of phosphoric acid groups is 3. The van der Waals surface area contributed by atoms with Gasteiger partial charge in [0.2, 0.25) is 0 Å². The summed E-state index contributed by atoms with van der Waals surface area (Å²) in [5.74, 6) is -0.102. The number of nitrogen functional groups attached to an aromatic ring is 1. The molecular weight excluding hydrogens is 544 g/mol. The number of aromatic nitrogens is 2. The quantitative estimate of drug-likeness (QED) is 0.140. The van der Waals surface area contributed by atoms with E-state index in [1.807, 2.05) is 5.92 Å². The average Bonchev–Trinajstić information content (AvgIpc) is 2.86. The first kappa shape index (κ1) is 24.9. The van der Waals surface area contributed by atoms with Gasteiger partial charge in [-0.1, -0.05) is 5.92 Å². The Kier molecular flexibility index (Phi) is 7.37. The van der Waals surface area contributed by atoms with Crippen LogP contribution in [0.25, 0.3) is 0 Å². The first-order valence-electron chi connectivity index (χ1n) is 8.78. The van der Waals surface area contributed by atoms with Crippen molar-refractivity contribution >= 4 is 40.9 Å². The van der Waals surface area contributed by atoms with Crippen LogP contribution in [0.4, 0.5) is 10.2 Å². The first-order chi connectivity index (χ1) is 15.6. The molecule has 6 atom stereocenters. The minimum atomic E-state index is -6.08. The maximum Gasteiger partial charge on any atom is 0.490 e. The number of halogens is 2. The number of nitrogens with two attached hydrogens (primary N) is 2. The van der Waals surface area contributed by atoms with Crippen LogP contribution in [-0.2, 0) is 31.6 Å². The predicted octanol–water partition coefficient (Wildman–Crippen LogP) is -1.54. The Hall–Kier alpha value is -1.25. The van der Waals surface area contributed by atoms with E-state index < -0.39 is 71.3 Å². The zero-order valence-corrected chi connectivity index (χ0v) is 18.9. The van der Waals surface area contributed by atoms with Crippen molar-refractivity contribution in [2.24, 2.45) is 5.73 Å². The van der Waals surface area contributed by atoms with Gasteiger partial charge in [0.25, 0.3) is 0 Å². The van der Waals surface area contributed by atoms with E-state index in [0.717, 1.165) is 0 Å². The van der Waals surface area contributed by atoms with Crippen LogP contribution < -0.4 is 17.2 Å². The van der Waals surface area contributed by atoms with Crippen LogP contribution in [0.1, 0.15) is 8.97 Å². The highest BCUT2D eigenvalue weighted by molar-refractivity contribution is 7.66. The smallest absolute Gasteiger partial charge is 0.387 e. The number of ether oxygens (including phenoxy) is 1. The zero-order chi connectivity index (χ0) is 27.2. The van der Waals surface area contributed by atoms with Crippen LogP contribution >= 0.6 is 35.1 Å². The molecule has 0 spiro atoms. The van der Waals surface area contributed by atoms with Gasteiger partial charge < -0.3 is 40.9 Å². The van der Waals surface area contributed by atoms with E-state index in [1.165, 1.54) is 0 Å². The van der Waals surface area contributed by atoms with Crippen LogP contribution in [0.2, 0.25) is 0 Å². The van der Waals surface area contributed by atoms with Crippen molar-refractivity contribution in [1.29, 1.82) is 0 Å². The van der Waals surface area contributed by atoms with Crippen LogP contribution in [0.15, 0.2) is 11.0 Å². The van der Waals surface area contributed by atoms with Crippen LogP contribution in [0.5, 0.6) is 0 Å². The molecule has 1 aromatic rings. The molecule has 0 saturated carbocycles. The number of hydrogen-bond acceptors (Lipinski definition) is 12. The number of aliphatic hydroxyl groups excluding tert-OH is 1. The monoisotopic (exact) mass is 560 g/mol. The molecule has 9 N–H and O–H groups in total. The molecule has 0 aromatic carbocycles. The summed E-state index contributed by atoms with van der Waals surface area (Å²) in [6.07, 6.45) is -6.52. The Labute approximate surface area is 190 Å².